The topological polar surface area (TPSA) is 69.0 Å². The number of methoxy groups -OCH3 is 1. The zero-order valence-corrected chi connectivity index (χ0v) is 14.0. The molecule has 124 valence electrons. The van der Waals surface area contributed by atoms with Crippen LogP contribution in [0, 0.1) is 6.92 Å². The summed E-state index contributed by atoms with van der Waals surface area (Å²) in [5.41, 5.74) is 3.46. The second-order valence-electron chi connectivity index (χ2n) is 5.70. The number of nitrogens with zero attached hydrogens (tertiary/aromatic N) is 3. The third-order valence-corrected chi connectivity index (χ3v) is 3.92. The van der Waals surface area contributed by atoms with Crippen molar-refractivity contribution in [2.75, 3.05) is 12.4 Å². The van der Waals surface area contributed by atoms with Crippen molar-refractivity contribution < 1.29 is 9.53 Å². The SMILES string of the molecule is COc1cccc(CCC(=O)Nc2cnc3c(c2)c(C)nn3C)c1. The van der Waals surface area contributed by atoms with Gasteiger partial charge in [-0.25, -0.2) is 4.98 Å². The van der Waals surface area contributed by atoms with Gasteiger partial charge in [0.25, 0.3) is 0 Å². The summed E-state index contributed by atoms with van der Waals surface area (Å²) >= 11 is 0. The lowest BCUT2D eigenvalue weighted by Gasteiger charge is -2.06. The summed E-state index contributed by atoms with van der Waals surface area (Å²) in [6.45, 7) is 1.93. The molecule has 0 atom stereocenters. The van der Waals surface area contributed by atoms with Gasteiger partial charge in [0.1, 0.15) is 5.75 Å². The van der Waals surface area contributed by atoms with Gasteiger partial charge < -0.3 is 10.1 Å². The number of aromatic nitrogens is 3. The molecule has 0 radical (unpaired) electrons. The molecule has 2 aromatic heterocycles. The first-order valence-corrected chi connectivity index (χ1v) is 7.79. The van der Waals surface area contributed by atoms with Crippen molar-refractivity contribution in [1.82, 2.24) is 14.8 Å². The predicted octanol–water partition coefficient (Wildman–Crippen LogP) is 2.86. The number of hydrogen-bond acceptors (Lipinski definition) is 4. The number of carbonyl (C=O) groups is 1. The first-order chi connectivity index (χ1) is 11.6. The van der Waals surface area contributed by atoms with Crippen LogP contribution in [0.1, 0.15) is 17.7 Å². The van der Waals surface area contributed by atoms with E-state index >= 15 is 0 Å². The molecule has 0 spiro atoms. The second-order valence-corrected chi connectivity index (χ2v) is 5.70. The smallest absolute Gasteiger partial charge is 0.224 e. The van der Waals surface area contributed by atoms with Gasteiger partial charge in [0, 0.05) is 18.9 Å². The van der Waals surface area contributed by atoms with Crippen LogP contribution in [-0.4, -0.2) is 27.8 Å². The Hall–Kier alpha value is -2.89. The molecule has 0 saturated carbocycles. The molecule has 0 aliphatic rings. The number of hydrogen-bond donors (Lipinski definition) is 1. The molecule has 0 fully saturated rings. The number of benzene rings is 1. The molecule has 3 aromatic rings. The van der Waals surface area contributed by atoms with Gasteiger partial charge in [0.15, 0.2) is 5.65 Å². The lowest BCUT2D eigenvalue weighted by molar-refractivity contribution is -0.116. The van der Waals surface area contributed by atoms with Crippen LogP contribution in [0.4, 0.5) is 5.69 Å². The van der Waals surface area contributed by atoms with Gasteiger partial charge in [-0.15, -0.1) is 0 Å². The number of aryl methyl sites for hydroxylation is 3. The Morgan fingerprint density at radius 1 is 1.33 bits per heavy atom. The van der Waals surface area contributed by atoms with E-state index < -0.39 is 0 Å². The highest BCUT2D eigenvalue weighted by atomic mass is 16.5. The summed E-state index contributed by atoms with van der Waals surface area (Å²) in [5.74, 6) is 0.759. The maximum Gasteiger partial charge on any atom is 0.224 e. The van der Waals surface area contributed by atoms with E-state index in [2.05, 4.69) is 15.4 Å². The molecule has 0 aliphatic carbocycles. The van der Waals surface area contributed by atoms with Crippen molar-refractivity contribution in [1.29, 1.82) is 0 Å². The Kier molecular flexibility index (Phi) is 4.46. The normalized spacial score (nSPS) is 10.8. The van der Waals surface area contributed by atoms with Crippen LogP contribution in [0.3, 0.4) is 0 Å². The first-order valence-electron chi connectivity index (χ1n) is 7.79. The van der Waals surface area contributed by atoms with Gasteiger partial charge in [0.2, 0.25) is 5.91 Å². The van der Waals surface area contributed by atoms with Crippen LogP contribution in [0.15, 0.2) is 36.5 Å². The lowest BCUT2D eigenvalue weighted by Crippen LogP contribution is -2.12. The Morgan fingerprint density at radius 3 is 2.96 bits per heavy atom. The van der Waals surface area contributed by atoms with Crippen molar-refractivity contribution in [2.45, 2.75) is 19.8 Å². The molecule has 0 unspecified atom stereocenters. The molecule has 0 aliphatic heterocycles. The van der Waals surface area contributed by atoms with Crippen molar-refractivity contribution in [2.24, 2.45) is 7.05 Å². The van der Waals surface area contributed by atoms with Gasteiger partial charge in [-0.05, 0) is 37.1 Å². The molecule has 0 bridgehead atoms. The fraction of sp³-hybridized carbons (Fsp3) is 0.278. The molecular weight excluding hydrogens is 304 g/mol. The maximum absolute atomic E-state index is 12.2. The zero-order valence-electron chi connectivity index (χ0n) is 14.0. The van der Waals surface area contributed by atoms with Crippen LogP contribution in [0.25, 0.3) is 11.0 Å². The van der Waals surface area contributed by atoms with E-state index in [-0.39, 0.29) is 5.91 Å². The summed E-state index contributed by atoms with van der Waals surface area (Å²) in [5, 5.41) is 8.18. The first kappa shape index (κ1) is 16.0. The molecule has 1 N–H and O–H groups in total. The molecular formula is C18H20N4O2. The average Bonchev–Trinajstić information content (AvgIpc) is 2.87. The Bertz CT molecular complexity index is 886. The van der Waals surface area contributed by atoms with Crippen molar-refractivity contribution in [3.05, 3.63) is 47.8 Å². The number of nitrogens with one attached hydrogen (secondary N) is 1. The quantitative estimate of drug-likeness (QED) is 0.783. The van der Waals surface area contributed by atoms with Crippen LogP contribution >= 0.6 is 0 Å². The number of pyridine rings is 1. The molecule has 24 heavy (non-hydrogen) atoms. The summed E-state index contributed by atoms with van der Waals surface area (Å²) < 4.78 is 6.93. The number of ether oxygens (including phenoxy) is 1. The highest BCUT2D eigenvalue weighted by Gasteiger charge is 2.09. The van der Waals surface area contributed by atoms with Crippen molar-refractivity contribution in [3.8, 4) is 5.75 Å². The molecule has 1 aromatic carbocycles. The summed E-state index contributed by atoms with van der Waals surface area (Å²) in [6.07, 6.45) is 2.72. The lowest BCUT2D eigenvalue weighted by atomic mass is 10.1. The number of rotatable bonds is 5. The standard InChI is InChI=1S/C18H20N4O2/c1-12-16-10-14(11-19-18(16)22(2)21-12)20-17(23)8-7-13-5-4-6-15(9-13)24-3/h4-6,9-11H,7-8H2,1-3H3,(H,20,23). The monoisotopic (exact) mass is 324 g/mol. The third kappa shape index (κ3) is 3.37. The number of anilines is 1. The summed E-state index contributed by atoms with van der Waals surface area (Å²) in [4.78, 5) is 16.5. The van der Waals surface area contributed by atoms with E-state index in [0.717, 1.165) is 28.0 Å². The van der Waals surface area contributed by atoms with Gasteiger partial charge in [-0.3, -0.25) is 9.48 Å². The number of carbonyl (C=O) groups excluding carboxylic acids is 1. The van der Waals surface area contributed by atoms with Crippen molar-refractivity contribution in [3.63, 3.8) is 0 Å². The minimum atomic E-state index is -0.0412. The highest BCUT2D eigenvalue weighted by Crippen LogP contribution is 2.19. The number of amides is 1. The maximum atomic E-state index is 12.2. The Morgan fingerprint density at radius 2 is 2.17 bits per heavy atom. The average molecular weight is 324 g/mol. The minimum absolute atomic E-state index is 0.0412. The van der Waals surface area contributed by atoms with Gasteiger partial charge >= 0.3 is 0 Å². The largest absolute Gasteiger partial charge is 0.497 e. The van der Waals surface area contributed by atoms with Crippen LogP contribution in [0.5, 0.6) is 5.75 Å². The van der Waals surface area contributed by atoms with Gasteiger partial charge in [-0.2, -0.15) is 5.10 Å². The van der Waals surface area contributed by atoms with E-state index in [1.807, 2.05) is 44.3 Å². The zero-order chi connectivity index (χ0) is 17.1. The molecule has 6 nitrogen and oxygen atoms in total. The van der Waals surface area contributed by atoms with E-state index in [4.69, 9.17) is 4.74 Å². The molecule has 0 saturated heterocycles. The van der Waals surface area contributed by atoms with Crippen LogP contribution < -0.4 is 10.1 Å². The summed E-state index contributed by atoms with van der Waals surface area (Å²) in [7, 11) is 3.49. The van der Waals surface area contributed by atoms with E-state index in [9.17, 15) is 4.79 Å². The van der Waals surface area contributed by atoms with E-state index in [1.165, 1.54) is 0 Å². The Balaban J connectivity index is 1.65. The highest BCUT2D eigenvalue weighted by molar-refractivity contribution is 5.93. The molecule has 3 rings (SSSR count). The van der Waals surface area contributed by atoms with Gasteiger partial charge in [0.05, 0.1) is 24.7 Å². The van der Waals surface area contributed by atoms with Crippen molar-refractivity contribution >= 4 is 22.6 Å². The second kappa shape index (κ2) is 6.70. The van der Waals surface area contributed by atoms with Gasteiger partial charge in [-0.1, -0.05) is 12.1 Å². The Labute approximate surface area is 140 Å². The summed E-state index contributed by atoms with van der Waals surface area (Å²) in [6, 6.07) is 9.66. The van der Waals surface area contributed by atoms with Crippen LogP contribution in [-0.2, 0) is 18.3 Å². The predicted molar refractivity (Wildman–Crippen MR) is 93.2 cm³/mol. The third-order valence-electron chi connectivity index (χ3n) is 3.92. The van der Waals surface area contributed by atoms with E-state index in [1.54, 1.807) is 18.0 Å². The van der Waals surface area contributed by atoms with Crippen LogP contribution in [0.2, 0.25) is 0 Å². The number of fused-ring (bicyclic) bond motifs is 1. The molecule has 1 amide bonds. The fourth-order valence-electron chi connectivity index (χ4n) is 2.69. The fourth-order valence-corrected chi connectivity index (χ4v) is 2.69. The minimum Gasteiger partial charge on any atom is -0.497 e. The molecule has 6 heteroatoms. The molecule has 2 heterocycles. The van der Waals surface area contributed by atoms with E-state index in [0.29, 0.717) is 18.5 Å².